The van der Waals surface area contributed by atoms with E-state index in [9.17, 15) is 4.79 Å². The van der Waals surface area contributed by atoms with Crippen LogP contribution in [0, 0.1) is 6.92 Å². The standard InChI is InChI=1S/C26H32N6O/c1-5-32-26(28-20-9-11-22-23(14-20)17(3)27-25(22)33)29-24(30-32)18-8-10-21(16(2)13-18)19-7-6-12-31(4)15-19/h8-11,13-14,17,19H,5-7,12,15H2,1-4H3,(H,27,33)(H,28,29,30). The third-order valence-corrected chi connectivity index (χ3v) is 6.93. The molecule has 5 rings (SSSR count). The molecule has 172 valence electrons. The van der Waals surface area contributed by atoms with Crippen molar-refractivity contribution in [3.05, 3.63) is 58.7 Å². The maximum absolute atomic E-state index is 12.0. The van der Waals surface area contributed by atoms with E-state index in [2.05, 4.69) is 54.6 Å². The number of nitrogens with one attached hydrogen (secondary N) is 2. The molecule has 33 heavy (non-hydrogen) atoms. The lowest BCUT2D eigenvalue weighted by molar-refractivity contribution is 0.0958. The highest BCUT2D eigenvalue weighted by atomic mass is 16.2. The normalized spacial score (nSPS) is 20.5. The van der Waals surface area contributed by atoms with Gasteiger partial charge >= 0.3 is 0 Å². The molecule has 2 atom stereocenters. The number of hydrogen-bond acceptors (Lipinski definition) is 5. The van der Waals surface area contributed by atoms with Crippen LogP contribution in [0.3, 0.4) is 0 Å². The number of fused-ring (bicyclic) bond motifs is 1. The molecule has 1 saturated heterocycles. The van der Waals surface area contributed by atoms with Crippen molar-refractivity contribution in [3.63, 3.8) is 0 Å². The molecule has 0 saturated carbocycles. The van der Waals surface area contributed by atoms with E-state index in [1.54, 1.807) is 0 Å². The van der Waals surface area contributed by atoms with Crippen LogP contribution in [0.15, 0.2) is 36.4 Å². The van der Waals surface area contributed by atoms with Crippen LogP contribution in [0.1, 0.15) is 65.7 Å². The predicted octanol–water partition coefficient (Wildman–Crippen LogP) is 4.63. The molecule has 2 aromatic carbocycles. The van der Waals surface area contributed by atoms with E-state index in [0.717, 1.165) is 34.7 Å². The number of likely N-dealkylation sites (tertiary alicyclic amines) is 1. The van der Waals surface area contributed by atoms with Gasteiger partial charge in [-0.3, -0.25) is 4.79 Å². The first kappa shape index (κ1) is 21.6. The van der Waals surface area contributed by atoms with Crippen LogP contribution < -0.4 is 10.6 Å². The van der Waals surface area contributed by atoms with Crippen LogP contribution in [0.5, 0.6) is 0 Å². The first-order valence-electron chi connectivity index (χ1n) is 11.9. The van der Waals surface area contributed by atoms with E-state index in [-0.39, 0.29) is 11.9 Å². The van der Waals surface area contributed by atoms with Gasteiger partial charge in [0.25, 0.3) is 5.91 Å². The Morgan fingerprint density at radius 3 is 2.79 bits per heavy atom. The van der Waals surface area contributed by atoms with Crippen molar-refractivity contribution in [2.75, 3.05) is 25.5 Å². The van der Waals surface area contributed by atoms with Crippen molar-refractivity contribution in [2.24, 2.45) is 0 Å². The summed E-state index contributed by atoms with van der Waals surface area (Å²) in [5.41, 5.74) is 6.43. The minimum atomic E-state index is -0.0123. The zero-order chi connectivity index (χ0) is 23.1. The summed E-state index contributed by atoms with van der Waals surface area (Å²) >= 11 is 0. The Morgan fingerprint density at radius 1 is 1.18 bits per heavy atom. The van der Waals surface area contributed by atoms with Gasteiger partial charge in [-0.05, 0) is 94.1 Å². The Hall–Kier alpha value is -3.19. The molecular formula is C26H32N6O. The minimum absolute atomic E-state index is 0.0123. The van der Waals surface area contributed by atoms with E-state index in [0.29, 0.717) is 18.4 Å². The first-order valence-corrected chi connectivity index (χ1v) is 11.9. The summed E-state index contributed by atoms with van der Waals surface area (Å²) in [5, 5.41) is 11.1. The lowest BCUT2D eigenvalue weighted by atomic mass is 9.87. The number of piperidine rings is 1. The summed E-state index contributed by atoms with van der Waals surface area (Å²) in [5.74, 6) is 2.01. The molecule has 1 aromatic heterocycles. The van der Waals surface area contributed by atoms with E-state index in [1.165, 1.54) is 30.5 Å². The van der Waals surface area contributed by atoms with Crippen molar-refractivity contribution in [3.8, 4) is 11.4 Å². The zero-order valence-corrected chi connectivity index (χ0v) is 19.9. The van der Waals surface area contributed by atoms with Crippen LogP contribution in [-0.4, -0.2) is 45.7 Å². The van der Waals surface area contributed by atoms with E-state index in [1.807, 2.05) is 29.8 Å². The third-order valence-electron chi connectivity index (χ3n) is 6.93. The fourth-order valence-electron chi connectivity index (χ4n) is 5.16. The second-order valence-electron chi connectivity index (χ2n) is 9.37. The van der Waals surface area contributed by atoms with Crippen molar-refractivity contribution in [2.45, 2.75) is 52.1 Å². The molecule has 0 spiro atoms. The van der Waals surface area contributed by atoms with Crippen LogP contribution in [0.4, 0.5) is 11.6 Å². The second-order valence-corrected chi connectivity index (χ2v) is 9.37. The number of amides is 1. The molecule has 2 unspecified atom stereocenters. The molecule has 0 radical (unpaired) electrons. The molecule has 3 heterocycles. The van der Waals surface area contributed by atoms with Crippen molar-refractivity contribution >= 4 is 17.5 Å². The first-order chi connectivity index (χ1) is 15.9. The van der Waals surface area contributed by atoms with Gasteiger partial charge in [-0.1, -0.05) is 12.1 Å². The number of rotatable bonds is 5. The van der Waals surface area contributed by atoms with E-state index >= 15 is 0 Å². The second kappa shape index (κ2) is 8.63. The molecular weight excluding hydrogens is 412 g/mol. The molecule has 0 bridgehead atoms. The molecule has 2 aliphatic heterocycles. The minimum Gasteiger partial charge on any atom is -0.345 e. The van der Waals surface area contributed by atoms with Crippen LogP contribution in [-0.2, 0) is 6.54 Å². The van der Waals surface area contributed by atoms with E-state index < -0.39 is 0 Å². The SMILES string of the molecule is CCn1nc(-c2ccc(C3CCCN(C)C3)c(C)c2)nc1Nc1ccc2c(c1)C(C)NC2=O. The zero-order valence-electron chi connectivity index (χ0n) is 19.9. The highest BCUT2D eigenvalue weighted by molar-refractivity contribution is 5.99. The number of nitrogens with zero attached hydrogens (tertiary/aromatic N) is 4. The van der Waals surface area contributed by atoms with Crippen LogP contribution in [0.25, 0.3) is 11.4 Å². The van der Waals surface area contributed by atoms with Gasteiger partial charge in [-0.25, -0.2) is 4.68 Å². The number of carbonyl (C=O) groups excluding carboxylic acids is 1. The smallest absolute Gasteiger partial charge is 0.252 e. The summed E-state index contributed by atoms with van der Waals surface area (Å²) < 4.78 is 1.88. The number of aryl methyl sites for hydroxylation is 2. The number of hydrogen-bond donors (Lipinski definition) is 2. The summed E-state index contributed by atoms with van der Waals surface area (Å²) in [6.45, 7) is 9.28. The fourth-order valence-corrected chi connectivity index (χ4v) is 5.16. The molecule has 3 aromatic rings. The molecule has 1 fully saturated rings. The van der Waals surface area contributed by atoms with Gasteiger partial charge in [-0.2, -0.15) is 4.98 Å². The van der Waals surface area contributed by atoms with E-state index in [4.69, 9.17) is 10.1 Å². The van der Waals surface area contributed by atoms with Gasteiger partial charge in [-0.15, -0.1) is 5.10 Å². The van der Waals surface area contributed by atoms with Crippen LogP contribution >= 0.6 is 0 Å². The van der Waals surface area contributed by atoms with Gasteiger partial charge in [0.1, 0.15) is 0 Å². The highest BCUT2D eigenvalue weighted by Gasteiger charge is 2.25. The van der Waals surface area contributed by atoms with Gasteiger partial charge < -0.3 is 15.5 Å². The molecule has 7 heteroatoms. The topological polar surface area (TPSA) is 75.1 Å². The lowest BCUT2D eigenvalue weighted by Gasteiger charge is -2.30. The average molecular weight is 445 g/mol. The van der Waals surface area contributed by atoms with Crippen LogP contribution in [0.2, 0.25) is 0 Å². The molecule has 1 amide bonds. The van der Waals surface area contributed by atoms with Gasteiger partial charge in [0.2, 0.25) is 5.95 Å². The summed E-state index contributed by atoms with van der Waals surface area (Å²) in [6, 6.07) is 12.5. The number of anilines is 2. The number of benzene rings is 2. The quantitative estimate of drug-likeness (QED) is 0.600. The maximum Gasteiger partial charge on any atom is 0.252 e. The van der Waals surface area contributed by atoms with Gasteiger partial charge in [0, 0.05) is 29.9 Å². The summed E-state index contributed by atoms with van der Waals surface area (Å²) in [7, 11) is 2.21. The molecule has 2 N–H and O–H groups in total. The lowest BCUT2D eigenvalue weighted by Crippen LogP contribution is -2.31. The van der Waals surface area contributed by atoms with Crippen molar-refractivity contribution < 1.29 is 4.79 Å². The maximum atomic E-state index is 12.0. The van der Waals surface area contributed by atoms with Crippen molar-refractivity contribution in [1.29, 1.82) is 0 Å². The summed E-state index contributed by atoms with van der Waals surface area (Å²) in [6.07, 6.45) is 2.51. The van der Waals surface area contributed by atoms with Gasteiger partial charge in [0.05, 0.1) is 6.04 Å². The Morgan fingerprint density at radius 2 is 2.03 bits per heavy atom. The third kappa shape index (κ3) is 4.13. The Kier molecular flexibility index (Phi) is 5.66. The highest BCUT2D eigenvalue weighted by Crippen LogP contribution is 2.32. The average Bonchev–Trinajstić information content (AvgIpc) is 3.33. The number of carbonyl (C=O) groups is 1. The number of aromatic nitrogens is 3. The van der Waals surface area contributed by atoms with Crippen molar-refractivity contribution in [1.82, 2.24) is 25.0 Å². The summed E-state index contributed by atoms with van der Waals surface area (Å²) in [4.78, 5) is 19.3. The largest absolute Gasteiger partial charge is 0.345 e. The molecule has 7 nitrogen and oxygen atoms in total. The Labute approximate surface area is 195 Å². The molecule has 2 aliphatic rings. The molecule has 0 aliphatic carbocycles. The number of likely N-dealkylation sites (N-methyl/N-ethyl adjacent to an activating group) is 1. The monoisotopic (exact) mass is 444 g/mol. The Bertz CT molecular complexity index is 1200. The van der Waals surface area contributed by atoms with Gasteiger partial charge in [0.15, 0.2) is 5.82 Å². The Balaban J connectivity index is 1.40. The predicted molar refractivity (Wildman–Crippen MR) is 131 cm³/mol. The fraction of sp³-hybridized carbons (Fsp3) is 0.423.